The summed E-state index contributed by atoms with van der Waals surface area (Å²) < 4.78 is 0. The van der Waals surface area contributed by atoms with Gasteiger partial charge in [-0.05, 0) is 54.2 Å². The molecular weight excluding hydrogens is 286 g/mol. The summed E-state index contributed by atoms with van der Waals surface area (Å²) in [6.45, 7) is 3.21. The summed E-state index contributed by atoms with van der Waals surface area (Å²) in [5, 5.41) is 9.71. The van der Waals surface area contributed by atoms with E-state index in [9.17, 15) is 9.90 Å². The Bertz CT molecular complexity index is 766. The third-order valence-corrected chi connectivity index (χ3v) is 5.23. The second-order valence-electron chi connectivity index (χ2n) is 6.75. The topological polar surface area (TPSA) is 40.5 Å². The third-order valence-electron chi connectivity index (χ3n) is 5.23. The van der Waals surface area contributed by atoms with Crippen molar-refractivity contribution in [1.82, 2.24) is 4.90 Å². The van der Waals surface area contributed by atoms with Crippen molar-refractivity contribution in [2.45, 2.75) is 25.9 Å². The van der Waals surface area contributed by atoms with Gasteiger partial charge in [0, 0.05) is 24.6 Å². The van der Waals surface area contributed by atoms with Crippen LogP contribution in [-0.4, -0.2) is 35.1 Å². The fourth-order valence-electron chi connectivity index (χ4n) is 3.83. The van der Waals surface area contributed by atoms with Gasteiger partial charge in [0.2, 0.25) is 0 Å². The Morgan fingerprint density at radius 3 is 2.74 bits per heavy atom. The van der Waals surface area contributed by atoms with Gasteiger partial charge < -0.3 is 10.0 Å². The minimum Gasteiger partial charge on any atom is -0.393 e. The van der Waals surface area contributed by atoms with Gasteiger partial charge in [0.05, 0.1) is 6.10 Å². The Morgan fingerprint density at radius 1 is 1.17 bits per heavy atom. The maximum Gasteiger partial charge on any atom is 0.253 e. The normalized spacial score (nSPS) is 20.3. The number of fused-ring (bicyclic) bond motifs is 3. The SMILES string of the molecule is CC(O)C1CCN(C(=O)c2ccc3c(c2)Cc2ccccc2-3)C1. The van der Waals surface area contributed by atoms with E-state index in [0.717, 1.165) is 24.9 Å². The molecule has 2 aromatic carbocycles. The molecule has 1 fully saturated rings. The van der Waals surface area contributed by atoms with Crippen molar-refractivity contribution in [2.24, 2.45) is 5.92 Å². The molecule has 3 heteroatoms. The second kappa shape index (κ2) is 5.50. The number of aliphatic hydroxyl groups excluding tert-OH is 1. The standard InChI is InChI=1S/C20H21NO2/c1-13(22)16-8-9-21(12-16)20(23)15-6-7-19-17(11-15)10-14-4-2-3-5-18(14)19/h2-7,11,13,16,22H,8-10,12H2,1H3. The molecule has 2 aliphatic rings. The smallest absolute Gasteiger partial charge is 0.253 e. The number of hydrogen-bond acceptors (Lipinski definition) is 2. The summed E-state index contributed by atoms with van der Waals surface area (Å²) >= 11 is 0. The van der Waals surface area contributed by atoms with Crippen LogP contribution in [0.2, 0.25) is 0 Å². The van der Waals surface area contributed by atoms with Crippen LogP contribution >= 0.6 is 0 Å². The lowest BCUT2D eigenvalue weighted by molar-refractivity contribution is 0.0762. The van der Waals surface area contributed by atoms with Gasteiger partial charge in [0.1, 0.15) is 0 Å². The van der Waals surface area contributed by atoms with Gasteiger partial charge in [-0.3, -0.25) is 4.79 Å². The van der Waals surface area contributed by atoms with Crippen LogP contribution in [0.25, 0.3) is 11.1 Å². The lowest BCUT2D eigenvalue weighted by atomic mass is 10.0. The van der Waals surface area contributed by atoms with Crippen LogP contribution in [0.1, 0.15) is 34.8 Å². The predicted octanol–water partition coefficient (Wildman–Crippen LogP) is 3.10. The molecule has 1 heterocycles. The highest BCUT2D eigenvalue weighted by molar-refractivity contribution is 5.96. The average Bonchev–Trinajstić information content (AvgIpc) is 3.18. The highest BCUT2D eigenvalue weighted by atomic mass is 16.3. The molecule has 1 aliphatic heterocycles. The van der Waals surface area contributed by atoms with Crippen LogP contribution in [0.5, 0.6) is 0 Å². The van der Waals surface area contributed by atoms with Crippen molar-refractivity contribution >= 4 is 5.91 Å². The quantitative estimate of drug-likeness (QED) is 0.790. The Balaban J connectivity index is 1.58. The molecule has 23 heavy (non-hydrogen) atoms. The van der Waals surface area contributed by atoms with E-state index in [1.54, 1.807) is 0 Å². The molecule has 0 spiro atoms. The summed E-state index contributed by atoms with van der Waals surface area (Å²) in [7, 11) is 0. The summed E-state index contributed by atoms with van der Waals surface area (Å²) in [5.41, 5.74) is 5.88. The molecule has 0 saturated carbocycles. The molecule has 0 radical (unpaired) electrons. The van der Waals surface area contributed by atoms with E-state index < -0.39 is 0 Å². The van der Waals surface area contributed by atoms with E-state index in [1.807, 2.05) is 24.0 Å². The fraction of sp³-hybridized carbons (Fsp3) is 0.350. The average molecular weight is 307 g/mol. The van der Waals surface area contributed by atoms with Crippen LogP contribution in [0, 0.1) is 5.92 Å². The van der Waals surface area contributed by atoms with E-state index in [0.29, 0.717) is 6.54 Å². The molecule has 0 aromatic heterocycles. The first kappa shape index (κ1) is 14.5. The fourth-order valence-corrected chi connectivity index (χ4v) is 3.83. The molecule has 1 aliphatic carbocycles. The van der Waals surface area contributed by atoms with Crippen molar-refractivity contribution < 1.29 is 9.90 Å². The van der Waals surface area contributed by atoms with E-state index in [2.05, 4.69) is 30.3 Å². The van der Waals surface area contributed by atoms with Gasteiger partial charge in [-0.15, -0.1) is 0 Å². The molecule has 1 amide bonds. The highest BCUT2D eigenvalue weighted by Gasteiger charge is 2.30. The first-order valence-corrected chi connectivity index (χ1v) is 8.32. The summed E-state index contributed by atoms with van der Waals surface area (Å²) in [6, 6.07) is 14.5. The molecule has 4 rings (SSSR count). The third kappa shape index (κ3) is 2.45. The van der Waals surface area contributed by atoms with Crippen LogP contribution in [-0.2, 0) is 6.42 Å². The van der Waals surface area contributed by atoms with Crippen LogP contribution in [0.3, 0.4) is 0 Å². The van der Waals surface area contributed by atoms with Crippen molar-refractivity contribution in [3.63, 3.8) is 0 Å². The number of benzene rings is 2. The zero-order valence-corrected chi connectivity index (χ0v) is 13.3. The number of amides is 1. The van der Waals surface area contributed by atoms with Crippen molar-refractivity contribution in [2.75, 3.05) is 13.1 Å². The summed E-state index contributed by atoms with van der Waals surface area (Å²) in [4.78, 5) is 14.6. The second-order valence-corrected chi connectivity index (χ2v) is 6.75. The molecule has 118 valence electrons. The minimum atomic E-state index is -0.345. The zero-order chi connectivity index (χ0) is 16.0. The molecular formula is C20H21NO2. The number of hydrogen-bond donors (Lipinski definition) is 1. The van der Waals surface area contributed by atoms with Crippen LogP contribution in [0.15, 0.2) is 42.5 Å². The van der Waals surface area contributed by atoms with Crippen molar-refractivity contribution in [1.29, 1.82) is 0 Å². The predicted molar refractivity (Wildman–Crippen MR) is 90.4 cm³/mol. The lowest BCUT2D eigenvalue weighted by Crippen LogP contribution is -2.30. The van der Waals surface area contributed by atoms with Gasteiger partial charge in [-0.1, -0.05) is 30.3 Å². The minimum absolute atomic E-state index is 0.0897. The van der Waals surface area contributed by atoms with Crippen molar-refractivity contribution in [3.8, 4) is 11.1 Å². The van der Waals surface area contributed by atoms with E-state index in [-0.39, 0.29) is 17.9 Å². The molecule has 1 saturated heterocycles. The number of nitrogens with zero attached hydrogens (tertiary/aromatic N) is 1. The number of carbonyl (C=O) groups is 1. The van der Waals surface area contributed by atoms with Crippen molar-refractivity contribution in [3.05, 3.63) is 59.2 Å². The molecule has 0 bridgehead atoms. The maximum atomic E-state index is 12.7. The number of likely N-dealkylation sites (tertiary alicyclic amines) is 1. The van der Waals surface area contributed by atoms with E-state index in [4.69, 9.17) is 0 Å². The van der Waals surface area contributed by atoms with E-state index >= 15 is 0 Å². The van der Waals surface area contributed by atoms with Gasteiger partial charge in [0.15, 0.2) is 0 Å². The highest BCUT2D eigenvalue weighted by Crippen LogP contribution is 2.37. The van der Waals surface area contributed by atoms with Crippen LogP contribution in [0.4, 0.5) is 0 Å². The van der Waals surface area contributed by atoms with E-state index in [1.165, 1.54) is 22.3 Å². The Kier molecular flexibility index (Phi) is 3.46. The number of rotatable bonds is 2. The Labute approximate surface area is 136 Å². The Hall–Kier alpha value is -2.13. The summed E-state index contributed by atoms with van der Waals surface area (Å²) in [5.74, 6) is 0.296. The first-order chi connectivity index (χ1) is 11.1. The number of aliphatic hydroxyl groups is 1. The molecule has 2 atom stereocenters. The largest absolute Gasteiger partial charge is 0.393 e. The number of carbonyl (C=O) groups excluding carboxylic acids is 1. The van der Waals surface area contributed by atoms with Crippen LogP contribution < -0.4 is 0 Å². The zero-order valence-electron chi connectivity index (χ0n) is 13.3. The maximum absolute atomic E-state index is 12.7. The molecule has 1 N–H and O–H groups in total. The van der Waals surface area contributed by atoms with Gasteiger partial charge in [-0.25, -0.2) is 0 Å². The monoisotopic (exact) mass is 307 g/mol. The molecule has 2 aromatic rings. The Morgan fingerprint density at radius 2 is 1.96 bits per heavy atom. The molecule has 2 unspecified atom stereocenters. The van der Waals surface area contributed by atoms with Gasteiger partial charge in [-0.2, -0.15) is 0 Å². The molecule has 3 nitrogen and oxygen atoms in total. The lowest BCUT2D eigenvalue weighted by Gasteiger charge is -2.18. The first-order valence-electron chi connectivity index (χ1n) is 8.32. The van der Waals surface area contributed by atoms with Gasteiger partial charge in [0.25, 0.3) is 5.91 Å². The van der Waals surface area contributed by atoms with Gasteiger partial charge >= 0.3 is 0 Å². The summed E-state index contributed by atoms with van der Waals surface area (Å²) in [6.07, 6.45) is 1.45.